The average molecular weight is 372 g/mol. The molecule has 4 aromatic rings. The van der Waals surface area contributed by atoms with Gasteiger partial charge < -0.3 is 0 Å². The number of fused-ring (bicyclic) bond motifs is 4. The van der Waals surface area contributed by atoms with Crippen molar-refractivity contribution in [3.63, 3.8) is 0 Å². The normalized spacial score (nSPS) is 15.2. The maximum atomic E-state index is 13.1. The zero-order chi connectivity index (χ0) is 18.1. The van der Waals surface area contributed by atoms with Gasteiger partial charge in [0.05, 0.1) is 28.2 Å². The van der Waals surface area contributed by atoms with Gasteiger partial charge in [0.2, 0.25) is 0 Å². The number of nitrogens with zero attached hydrogens (tertiary/aromatic N) is 3. The number of ketones is 1. The molecule has 0 unspecified atom stereocenters. The summed E-state index contributed by atoms with van der Waals surface area (Å²) in [6.07, 6.45) is 3.96. The maximum Gasteiger partial charge on any atom is 0.197 e. The van der Waals surface area contributed by atoms with E-state index in [9.17, 15) is 4.79 Å². The molecule has 6 rings (SSSR count). The summed E-state index contributed by atoms with van der Waals surface area (Å²) >= 11 is 6.14. The fourth-order valence-electron chi connectivity index (χ4n) is 4.04. The van der Waals surface area contributed by atoms with Gasteiger partial charge in [-0.15, -0.1) is 0 Å². The lowest BCUT2D eigenvalue weighted by Crippen LogP contribution is -2.02. The quantitative estimate of drug-likeness (QED) is 0.430. The Hall–Kier alpha value is -2.98. The summed E-state index contributed by atoms with van der Waals surface area (Å²) in [6.45, 7) is 0. The van der Waals surface area contributed by atoms with E-state index in [-0.39, 0.29) is 5.78 Å². The molecular weight excluding hydrogens is 358 g/mol. The van der Waals surface area contributed by atoms with Crippen LogP contribution in [0.15, 0.2) is 54.7 Å². The van der Waals surface area contributed by atoms with Crippen LogP contribution in [0, 0.1) is 0 Å². The lowest BCUT2D eigenvalue weighted by Gasteiger charge is -2.10. The van der Waals surface area contributed by atoms with Crippen LogP contribution < -0.4 is 0 Å². The molecule has 130 valence electrons. The van der Waals surface area contributed by atoms with Gasteiger partial charge in [0.1, 0.15) is 0 Å². The first kappa shape index (κ1) is 15.1. The monoisotopic (exact) mass is 371 g/mol. The van der Waals surface area contributed by atoms with Crippen molar-refractivity contribution in [1.82, 2.24) is 14.8 Å². The Morgan fingerprint density at radius 3 is 2.67 bits per heavy atom. The zero-order valence-corrected chi connectivity index (χ0v) is 15.1. The van der Waals surface area contributed by atoms with Crippen molar-refractivity contribution >= 4 is 28.3 Å². The van der Waals surface area contributed by atoms with Gasteiger partial charge in [-0.1, -0.05) is 35.9 Å². The van der Waals surface area contributed by atoms with Crippen molar-refractivity contribution in [2.45, 2.75) is 18.8 Å². The van der Waals surface area contributed by atoms with Crippen LogP contribution in [-0.4, -0.2) is 20.5 Å². The molecule has 2 heterocycles. The number of hydrogen-bond donors (Lipinski definition) is 0. The number of benzene rings is 2. The number of pyridine rings is 1. The molecule has 0 saturated heterocycles. The van der Waals surface area contributed by atoms with Crippen molar-refractivity contribution in [2.24, 2.45) is 0 Å². The second-order valence-electron chi connectivity index (χ2n) is 7.16. The Morgan fingerprint density at radius 1 is 1.04 bits per heavy atom. The van der Waals surface area contributed by atoms with Gasteiger partial charge in [-0.25, -0.2) is 4.68 Å². The van der Waals surface area contributed by atoms with E-state index in [1.54, 1.807) is 6.20 Å². The Bertz CT molecular complexity index is 1270. The molecule has 0 amide bonds. The van der Waals surface area contributed by atoms with Crippen LogP contribution in [0.3, 0.4) is 0 Å². The Morgan fingerprint density at radius 2 is 1.85 bits per heavy atom. The van der Waals surface area contributed by atoms with E-state index in [4.69, 9.17) is 16.7 Å². The van der Waals surface area contributed by atoms with Crippen LogP contribution in [0.1, 0.15) is 40.4 Å². The summed E-state index contributed by atoms with van der Waals surface area (Å²) in [4.78, 5) is 17.6. The molecule has 2 aromatic heterocycles. The van der Waals surface area contributed by atoms with Crippen LogP contribution >= 0.6 is 11.6 Å². The fourth-order valence-corrected chi connectivity index (χ4v) is 4.20. The number of rotatable bonds is 2. The summed E-state index contributed by atoms with van der Waals surface area (Å²) < 4.78 is 1.94. The van der Waals surface area contributed by atoms with E-state index in [0.29, 0.717) is 10.9 Å². The summed E-state index contributed by atoms with van der Waals surface area (Å²) in [5, 5.41) is 6.54. The molecule has 0 radical (unpaired) electrons. The highest BCUT2D eigenvalue weighted by Crippen LogP contribution is 2.48. The summed E-state index contributed by atoms with van der Waals surface area (Å²) in [5.74, 6) is 0.482. The van der Waals surface area contributed by atoms with E-state index in [0.717, 1.165) is 57.5 Å². The van der Waals surface area contributed by atoms with Crippen LogP contribution in [0.25, 0.3) is 27.8 Å². The van der Waals surface area contributed by atoms with Crippen molar-refractivity contribution in [2.75, 3.05) is 0 Å². The molecule has 0 spiro atoms. The molecule has 1 saturated carbocycles. The third-order valence-electron chi connectivity index (χ3n) is 5.44. The highest BCUT2D eigenvalue weighted by molar-refractivity contribution is 6.31. The van der Waals surface area contributed by atoms with Gasteiger partial charge in [-0.3, -0.25) is 9.78 Å². The number of halogens is 1. The van der Waals surface area contributed by atoms with Gasteiger partial charge in [0, 0.05) is 33.7 Å². The molecule has 0 aliphatic heterocycles. The fraction of sp³-hybridized carbons (Fsp3) is 0.136. The minimum atomic E-state index is 0.0927. The standard InChI is InChI=1S/C22H14ClN3O/c23-13-7-8-16-17(11-13)24-10-9-18(16)26-21-14-3-1-2-4-15(14)22(27)19(21)20(25-26)12-5-6-12/h1-4,7-12H,5-6H2. The lowest BCUT2D eigenvalue weighted by atomic mass is 10.1. The topological polar surface area (TPSA) is 47.8 Å². The lowest BCUT2D eigenvalue weighted by molar-refractivity contribution is 0.104. The van der Waals surface area contributed by atoms with Gasteiger partial charge in [-0.2, -0.15) is 5.10 Å². The van der Waals surface area contributed by atoms with Crippen LogP contribution in [0.5, 0.6) is 0 Å². The first-order chi connectivity index (χ1) is 13.2. The molecule has 4 nitrogen and oxygen atoms in total. The highest BCUT2D eigenvalue weighted by Gasteiger charge is 2.40. The van der Waals surface area contributed by atoms with Crippen LogP contribution in [0.4, 0.5) is 0 Å². The third kappa shape index (κ3) is 2.07. The van der Waals surface area contributed by atoms with Crippen molar-refractivity contribution in [1.29, 1.82) is 0 Å². The summed E-state index contributed by atoms with van der Waals surface area (Å²) in [5.41, 5.74) is 6.07. The van der Waals surface area contributed by atoms with E-state index < -0.39 is 0 Å². The second kappa shape index (κ2) is 5.27. The maximum absolute atomic E-state index is 13.1. The molecular formula is C22H14ClN3O. The number of carbonyl (C=O) groups is 1. The smallest absolute Gasteiger partial charge is 0.197 e. The predicted molar refractivity (Wildman–Crippen MR) is 105 cm³/mol. The first-order valence-corrected chi connectivity index (χ1v) is 9.42. The molecule has 5 heteroatoms. The van der Waals surface area contributed by atoms with Gasteiger partial charge in [-0.05, 0) is 37.1 Å². The first-order valence-electron chi connectivity index (χ1n) is 9.04. The summed E-state index contributed by atoms with van der Waals surface area (Å²) in [6, 6.07) is 15.4. The molecule has 2 aliphatic carbocycles. The molecule has 0 bridgehead atoms. The Labute approximate surface area is 160 Å². The van der Waals surface area contributed by atoms with Crippen molar-refractivity contribution in [3.05, 3.63) is 76.6 Å². The zero-order valence-electron chi connectivity index (χ0n) is 14.3. The molecule has 2 aromatic carbocycles. The number of carbonyl (C=O) groups excluding carboxylic acids is 1. The molecule has 2 aliphatic rings. The molecule has 0 atom stereocenters. The SMILES string of the molecule is O=C1c2ccccc2-c2c1c(C1CC1)nn2-c1ccnc2cc(Cl)ccc12. The van der Waals surface area contributed by atoms with Gasteiger partial charge in [0.25, 0.3) is 0 Å². The van der Waals surface area contributed by atoms with E-state index >= 15 is 0 Å². The van der Waals surface area contributed by atoms with Crippen LogP contribution in [0.2, 0.25) is 5.02 Å². The average Bonchev–Trinajstić information content (AvgIpc) is 3.40. The second-order valence-corrected chi connectivity index (χ2v) is 7.60. The van der Waals surface area contributed by atoms with E-state index in [1.807, 2.05) is 53.2 Å². The van der Waals surface area contributed by atoms with Crippen molar-refractivity contribution in [3.8, 4) is 16.9 Å². The molecule has 27 heavy (non-hydrogen) atoms. The van der Waals surface area contributed by atoms with E-state index in [1.165, 1.54) is 0 Å². The molecule has 0 N–H and O–H groups in total. The minimum Gasteiger partial charge on any atom is -0.288 e. The number of hydrogen-bond acceptors (Lipinski definition) is 3. The van der Waals surface area contributed by atoms with Gasteiger partial charge >= 0.3 is 0 Å². The van der Waals surface area contributed by atoms with Crippen LogP contribution in [-0.2, 0) is 0 Å². The molecule has 1 fully saturated rings. The van der Waals surface area contributed by atoms with Crippen molar-refractivity contribution < 1.29 is 4.79 Å². The van der Waals surface area contributed by atoms with E-state index in [2.05, 4.69) is 4.98 Å². The Kier molecular flexibility index (Phi) is 2.95. The minimum absolute atomic E-state index is 0.0927. The predicted octanol–water partition coefficient (Wildman–Crippen LogP) is 5.16. The third-order valence-corrected chi connectivity index (χ3v) is 5.68. The van der Waals surface area contributed by atoms with Gasteiger partial charge in [0.15, 0.2) is 5.78 Å². The highest BCUT2D eigenvalue weighted by atomic mass is 35.5. The Balaban J connectivity index is 1.70. The number of aromatic nitrogens is 3. The summed E-state index contributed by atoms with van der Waals surface area (Å²) in [7, 11) is 0. The largest absolute Gasteiger partial charge is 0.288 e.